The van der Waals surface area contributed by atoms with E-state index in [0.29, 0.717) is 5.39 Å². The van der Waals surface area contributed by atoms with Gasteiger partial charge in [0.1, 0.15) is 5.82 Å². The van der Waals surface area contributed by atoms with Gasteiger partial charge >= 0.3 is 0 Å². The van der Waals surface area contributed by atoms with Crippen molar-refractivity contribution in [2.45, 2.75) is 0 Å². The fraction of sp³-hybridized carbons (Fsp3) is 0. The monoisotopic (exact) mass is 274 g/mol. The zero-order valence-corrected chi connectivity index (χ0v) is 9.96. The van der Waals surface area contributed by atoms with E-state index >= 15 is 0 Å². The van der Waals surface area contributed by atoms with E-state index in [-0.39, 0.29) is 5.82 Å². The van der Waals surface area contributed by atoms with Crippen molar-refractivity contribution in [3.05, 3.63) is 58.8 Å². The molecule has 0 aliphatic carbocycles. The summed E-state index contributed by atoms with van der Waals surface area (Å²) in [6.45, 7) is 0. The number of benzene rings is 3. The first-order valence-corrected chi connectivity index (χ1v) is 5.82. The third-order valence-electron chi connectivity index (χ3n) is 2.80. The SMILES string of the molecule is Fc1cc2c(Br)cccc2c2ccccc12. The van der Waals surface area contributed by atoms with E-state index in [9.17, 15) is 4.39 Å². The lowest BCUT2D eigenvalue weighted by Crippen LogP contribution is -1.83. The van der Waals surface area contributed by atoms with Crippen molar-refractivity contribution < 1.29 is 4.39 Å². The Labute approximate surface area is 101 Å². The molecule has 0 amide bonds. The van der Waals surface area contributed by atoms with E-state index in [1.807, 2.05) is 42.5 Å². The Kier molecular flexibility index (Phi) is 2.18. The van der Waals surface area contributed by atoms with Crippen LogP contribution in [-0.2, 0) is 0 Å². The molecule has 0 nitrogen and oxygen atoms in total. The number of rotatable bonds is 0. The zero-order valence-electron chi connectivity index (χ0n) is 8.37. The van der Waals surface area contributed by atoms with E-state index in [2.05, 4.69) is 15.9 Å². The Morgan fingerprint density at radius 2 is 1.38 bits per heavy atom. The fourth-order valence-electron chi connectivity index (χ4n) is 2.05. The number of hydrogen-bond donors (Lipinski definition) is 0. The molecule has 0 aromatic heterocycles. The van der Waals surface area contributed by atoms with Crippen molar-refractivity contribution in [3.8, 4) is 0 Å². The molecule has 0 spiro atoms. The molecule has 0 saturated carbocycles. The maximum Gasteiger partial charge on any atom is 0.131 e. The van der Waals surface area contributed by atoms with Crippen molar-refractivity contribution in [1.82, 2.24) is 0 Å². The van der Waals surface area contributed by atoms with Crippen LogP contribution in [-0.4, -0.2) is 0 Å². The first-order valence-electron chi connectivity index (χ1n) is 5.03. The van der Waals surface area contributed by atoms with Gasteiger partial charge in [-0.2, -0.15) is 0 Å². The molecular formula is C14H8BrF. The molecule has 3 rings (SSSR count). The largest absolute Gasteiger partial charge is 0.206 e. The van der Waals surface area contributed by atoms with E-state index in [1.54, 1.807) is 6.07 Å². The summed E-state index contributed by atoms with van der Waals surface area (Å²) in [7, 11) is 0. The van der Waals surface area contributed by atoms with Gasteiger partial charge in [0.2, 0.25) is 0 Å². The van der Waals surface area contributed by atoms with Crippen molar-refractivity contribution >= 4 is 37.5 Å². The molecule has 0 unspecified atom stereocenters. The summed E-state index contributed by atoms with van der Waals surface area (Å²) in [6.07, 6.45) is 0. The van der Waals surface area contributed by atoms with Crippen LogP contribution in [0.15, 0.2) is 53.0 Å². The summed E-state index contributed by atoms with van der Waals surface area (Å²) in [6, 6.07) is 15.0. The van der Waals surface area contributed by atoms with Gasteiger partial charge in [-0.1, -0.05) is 52.3 Å². The Morgan fingerprint density at radius 1 is 0.750 bits per heavy atom. The highest BCUT2D eigenvalue weighted by Crippen LogP contribution is 2.31. The van der Waals surface area contributed by atoms with Gasteiger partial charge in [-0.05, 0) is 28.3 Å². The quantitative estimate of drug-likeness (QED) is 0.512. The van der Waals surface area contributed by atoms with Gasteiger partial charge in [-0.15, -0.1) is 0 Å². The van der Waals surface area contributed by atoms with Crippen molar-refractivity contribution in [1.29, 1.82) is 0 Å². The van der Waals surface area contributed by atoms with Crippen LogP contribution in [0.25, 0.3) is 21.5 Å². The predicted octanol–water partition coefficient (Wildman–Crippen LogP) is 4.89. The fourth-order valence-corrected chi connectivity index (χ4v) is 2.53. The molecule has 0 radical (unpaired) electrons. The second-order valence-corrected chi connectivity index (χ2v) is 4.59. The summed E-state index contributed by atoms with van der Waals surface area (Å²) >= 11 is 3.45. The highest BCUT2D eigenvalue weighted by Gasteiger charge is 2.07. The highest BCUT2D eigenvalue weighted by molar-refractivity contribution is 9.10. The minimum absolute atomic E-state index is 0.171. The summed E-state index contributed by atoms with van der Waals surface area (Å²) in [5.41, 5.74) is 0. The number of fused-ring (bicyclic) bond motifs is 3. The minimum atomic E-state index is -0.171. The van der Waals surface area contributed by atoms with Gasteiger partial charge in [0, 0.05) is 9.86 Å². The Morgan fingerprint density at radius 3 is 2.19 bits per heavy atom. The first-order chi connectivity index (χ1) is 7.77. The molecule has 3 aromatic rings. The van der Waals surface area contributed by atoms with E-state index in [1.165, 1.54) is 0 Å². The molecule has 0 saturated heterocycles. The molecule has 3 aromatic carbocycles. The summed E-state index contributed by atoms with van der Waals surface area (Å²) in [5, 5.41) is 3.62. The van der Waals surface area contributed by atoms with Gasteiger partial charge in [0.15, 0.2) is 0 Å². The molecule has 0 bridgehead atoms. The Hall–Kier alpha value is -1.41. The highest BCUT2D eigenvalue weighted by atomic mass is 79.9. The second kappa shape index (κ2) is 3.56. The first kappa shape index (κ1) is 9.79. The van der Waals surface area contributed by atoms with E-state index in [0.717, 1.165) is 20.6 Å². The van der Waals surface area contributed by atoms with Crippen LogP contribution >= 0.6 is 15.9 Å². The average molecular weight is 275 g/mol. The molecular weight excluding hydrogens is 267 g/mol. The lowest BCUT2D eigenvalue weighted by molar-refractivity contribution is 0.641. The van der Waals surface area contributed by atoms with Crippen molar-refractivity contribution in [2.75, 3.05) is 0 Å². The standard InChI is InChI=1S/C14H8BrF/c15-13-7-3-6-10-9-4-1-2-5-11(9)14(16)8-12(10)13/h1-8H. The molecule has 16 heavy (non-hydrogen) atoms. The molecule has 0 atom stereocenters. The van der Waals surface area contributed by atoms with Crippen LogP contribution in [0.2, 0.25) is 0 Å². The molecule has 78 valence electrons. The minimum Gasteiger partial charge on any atom is -0.206 e. The molecule has 0 N–H and O–H groups in total. The molecule has 0 aliphatic rings. The van der Waals surface area contributed by atoms with Gasteiger partial charge < -0.3 is 0 Å². The van der Waals surface area contributed by atoms with Gasteiger partial charge in [0.05, 0.1) is 0 Å². The second-order valence-electron chi connectivity index (χ2n) is 3.74. The van der Waals surface area contributed by atoms with Crippen molar-refractivity contribution in [3.63, 3.8) is 0 Å². The van der Waals surface area contributed by atoms with Crippen LogP contribution in [0.5, 0.6) is 0 Å². The molecule has 0 aliphatic heterocycles. The van der Waals surface area contributed by atoms with E-state index in [4.69, 9.17) is 0 Å². The predicted molar refractivity (Wildman–Crippen MR) is 69.1 cm³/mol. The zero-order chi connectivity index (χ0) is 11.1. The van der Waals surface area contributed by atoms with Crippen LogP contribution in [0.4, 0.5) is 4.39 Å². The smallest absolute Gasteiger partial charge is 0.131 e. The van der Waals surface area contributed by atoms with Crippen LogP contribution < -0.4 is 0 Å². The maximum absolute atomic E-state index is 13.9. The molecule has 0 fully saturated rings. The summed E-state index contributed by atoms with van der Waals surface area (Å²) in [4.78, 5) is 0. The van der Waals surface area contributed by atoms with Gasteiger partial charge in [-0.25, -0.2) is 4.39 Å². The van der Waals surface area contributed by atoms with Crippen LogP contribution in [0.1, 0.15) is 0 Å². The third kappa shape index (κ3) is 1.34. The van der Waals surface area contributed by atoms with E-state index < -0.39 is 0 Å². The Bertz CT molecular complexity index is 683. The molecule has 0 heterocycles. The maximum atomic E-state index is 13.9. The van der Waals surface area contributed by atoms with Crippen LogP contribution in [0, 0.1) is 5.82 Å². The topological polar surface area (TPSA) is 0 Å². The Balaban J connectivity index is 2.64. The van der Waals surface area contributed by atoms with Gasteiger partial charge in [0.25, 0.3) is 0 Å². The number of halogens is 2. The normalized spacial score (nSPS) is 11.1. The number of hydrogen-bond acceptors (Lipinski definition) is 0. The lowest BCUT2D eigenvalue weighted by atomic mass is 10.0. The molecule has 2 heteroatoms. The summed E-state index contributed by atoms with van der Waals surface area (Å²) < 4.78 is 14.8. The summed E-state index contributed by atoms with van der Waals surface area (Å²) in [5.74, 6) is -0.171. The third-order valence-corrected chi connectivity index (χ3v) is 3.49. The van der Waals surface area contributed by atoms with Crippen LogP contribution in [0.3, 0.4) is 0 Å². The van der Waals surface area contributed by atoms with Gasteiger partial charge in [-0.3, -0.25) is 0 Å². The lowest BCUT2D eigenvalue weighted by Gasteiger charge is -2.06. The average Bonchev–Trinajstić information content (AvgIpc) is 2.31. The van der Waals surface area contributed by atoms with Crippen molar-refractivity contribution in [2.24, 2.45) is 0 Å².